The number of rotatable bonds is 7. The number of methoxy groups -OCH3 is 1. The molecule has 2 atom stereocenters. The fourth-order valence-electron chi connectivity index (χ4n) is 2.86. The lowest BCUT2D eigenvalue weighted by atomic mass is 10.1. The molecule has 0 bridgehead atoms. The van der Waals surface area contributed by atoms with Gasteiger partial charge in [-0.2, -0.15) is 0 Å². The molecule has 2 aromatic rings. The summed E-state index contributed by atoms with van der Waals surface area (Å²) in [5, 5.41) is 3.43. The summed E-state index contributed by atoms with van der Waals surface area (Å²) in [6, 6.07) is 11.3. The Labute approximate surface area is 126 Å². The maximum atomic E-state index is 5.08. The molecule has 0 radical (unpaired) electrons. The second kappa shape index (κ2) is 6.31. The van der Waals surface area contributed by atoms with Gasteiger partial charge in [0.2, 0.25) is 5.95 Å². The highest BCUT2D eigenvalue weighted by molar-refractivity contribution is 5.35. The van der Waals surface area contributed by atoms with E-state index in [0.29, 0.717) is 12.0 Å². The molecule has 21 heavy (non-hydrogen) atoms. The van der Waals surface area contributed by atoms with Crippen molar-refractivity contribution in [1.29, 1.82) is 0 Å². The van der Waals surface area contributed by atoms with Crippen LogP contribution in [0.1, 0.15) is 36.1 Å². The Bertz CT molecular complexity index is 579. The van der Waals surface area contributed by atoms with Crippen LogP contribution in [0.15, 0.2) is 36.5 Å². The van der Waals surface area contributed by atoms with Gasteiger partial charge in [0.15, 0.2) is 0 Å². The van der Waals surface area contributed by atoms with Crippen molar-refractivity contribution in [2.24, 2.45) is 0 Å². The third kappa shape index (κ3) is 3.27. The third-order valence-electron chi connectivity index (χ3n) is 4.00. The largest absolute Gasteiger partial charge is 0.385 e. The van der Waals surface area contributed by atoms with Gasteiger partial charge in [0, 0.05) is 38.4 Å². The molecule has 3 rings (SSSR count). The van der Waals surface area contributed by atoms with E-state index in [1.54, 1.807) is 7.11 Å². The molecular formula is C17H23N3O. The molecule has 1 fully saturated rings. The van der Waals surface area contributed by atoms with Crippen molar-refractivity contribution in [2.45, 2.75) is 31.7 Å². The molecule has 1 aliphatic rings. The molecule has 1 N–H and O–H groups in total. The Balaban J connectivity index is 1.66. The van der Waals surface area contributed by atoms with Gasteiger partial charge in [0.25, 0.3) is 0 Å². The lowest BCUT2D eigenvalue weighted by Gasteiger charge is -2.09. The van der Waals surface area contributed by atoms with Crippen molar-refractivity contribution in [1.82, 2.24) is 9.55 Å². The summed E-state index contributed by atoms with van der Waals surface area (Å²) in [5.74, 6) is 1.62. The average molecular weight is 285 g/mol. The number of anilines is 1. The van der Waals surface area contributed by atoms with Crippen LogP contribution < -0.4 is 5.32 Å². The maximum absolute atomic E-state index is 5.08. The van der Waals surface area contributed by atoms with Crippen molar-refractivity contribution in [2.75, 3.05) is 25.6 Å². The Hall–Kier alpha value is -1.81. The number of hydrogen-bond donors (Lipinski definition) is 1. The Morgan fingerprint density at radius 2 is 2.14 bits per heavy atom. The molecule has 4 heteroatoms. The first kappa shape index (κ1) is 14.1. The van der Waals surface area contributed by atoms with Crippen LogP contribution in [0.3, 0.4) is 0 Å². The molecule has 1 heterocycles. The van der Waals surface area contributed by atoms with Crippen molar-refractivity contribution in [3.8, 4) is 0 Å². The van der Waals surface area contributed by atoms with Crippen LogP contribution in [0, 0.1) is 6.92 Å². The van der Waals surface area contributed by atoms with Gasteiger partial charge >= 0.3 is 0 Å². The minimum atomic E-state index is 0.540. The molecule has 1 aromatic heterocycles. The van der Waals surface area contributed by atoms with E-state index in [2.05, 4.69) is 58.3 Å². The fourth-order valence-corrected chi connectivity index (χ4v) is 2.86. The average Bonchev–Trinajstić information content (AvgIpc) is 3.22. The summed E-state index contributed by atoms with van der Waals surface area (Å²) in [6.07, 6.45) is 4.36. The van der Waals surface area contributed by atoms with Gasteiger partial charge < -0.3 is 14.6 Å². The fraction of sp³-hybridized carbons (Fsp3) is 0.471. The zero-order chi connectivity index (χ0) is 14.7. The van der Waals surface area contributed by atoms with Crippen molar-refractivity contribution >= 4 is 5.95 Å². The predicted octanol–water partition coefficient (Wildman–Crippen LogP) is 3.37. The smallest absolute Gasteiger partial charge is 0.203 e. The number of nitrogens with one attached hydrogen (secondary N) is 1. The SMILES string of the molecule is COCCCNc1nc(C)cn1C1CC1c1ccccc1. The minimum Gasteiger partial charge on any atom is -0.385 e. The van der Waals surface area contributed by atoms with Gasteiger partial charge in [-0.1, -0.05) is 30.3 Å². The van der Waals surface area contributed by atoms with Crippen LogP contribution in [-0.2, 0) is 4.74 Å². The molecule has 4 nitrogen and oxygen atoms in total. The predicted molar refractivity (Wildman–Crippen MR) is 84.8 cm³/mol. The topological polar surface area (TPSA) is 39.1 Å². The second-order valence-electron chi connectivity index (χ2n) is 5.71. The van der Waals surface area contributed by atoms with Gasteiger partial charge in [-0.25, -0.2) is 4.98 Å². The van der Waals surface area contributed by atoms with Gasteiger partial charge in [-0.05, 0) is 25.3 Å². The highest BCUT2D eigenvalue weighted by atomic mass is 16.5. The summed E-state index contributed by atoms with van der Waals surface area (Å²) in [7, 11) is 1.74. The van der Waals surface area contributed by atoms with Crippen molar-refractivity contribution < 1.29 is 4.74 Å². The molecular weight excluding hydrogens is 262 g/mol. The molecule has 0 saturated heterocycles. The Kier molecular flexibility index (Phi) is 4.25. The summed E-state index contributed by atoms with van der Waals surface area (Å²) in [6.45, 7) is 3.73. The van der Waals surface area contributed by atoms with Crippen LogP contribution in [0.5, 0.6) is 0 Å². The molecule has 0 spiro atoms. The highest BCUT2D eigenvalue weighted by Gasteiger charge is 2.40. The zero-order valence-corrected chi connectivity index (χ0v) is 12.7. The summed E-state index contributed by atoms with van der Waals surface area (Å²) in [4.78, 5) is 4.61. The van der Waals surface area contributed by atoms with Gasteiger partial charge in [-0.15, -0.1) is 0 Å². The first-order chi connectivity index (χ1) is 10.3. The molecule has 1 saturated carbocycles. The molecule has 0 amide bonds. The molecule has 1 aromatic carbocycles. The first-order valence-corrected chi connectivity index (χ1v) is 7.63. The number of aryl methyl sites for hydroxylation is 1. The van der Waals surface area contributed by atoms with Gasteiger partial charge in [0.05, 0.1) is 5.69 Å². The van der Waals surface area contributed by atoms with Crippen LogP contribution >= 0.6 is 0 Å². The Morgan fingerprint density at radius 1 is 1.33 bits per heavy atom. The number of benzene rings is 1. The minimum absolute atomic E-state index is 0.540. The van der Waals surface area contributed by atoms with E-state index in [1.807, 2.05) is 0 Å². The quantitative estimate of drug-likeness (QED) is 0.793. The van der Waals surface area contributed by atoms with Crippen LogP contribution in [0.2, 0.25) is 0 Å². The van der Waals surface area contributed by atoms with E-state index in [4.69, 9.17) is 4.74 Å². The van der Waals surface area contributed by atoms with Gasteiger partial charge in [-0.3, -0.25) is 0 Å². The van der Waals surface area contributed by atoms with E-state index >= 15 is 0 Å². The van der Waals surface area contributed by atoms with Crippen molar-refractivity contribution in [3.05, 3.63) is 47.8 Å². The monoisotopic (exact) mass is 285 g/mol. The summed E-state index contributed by atoms with van der Waals surface area (Å²) in [5.41, 5.74) is 2.50. The van der Waals surface area contributed by atoms with E-state index in [9.17, 15) is 0 Å². The molecule has 0 aliphatic heterocycles. The number of ether oxygens (including phenoxy) is 1. The third-order valence-corrected chi connectivity index (χ3v) is 4.00. The van der Waals surface area contributed by atoms with Crippen LogP contribution in [0.25, 0.3) is 0 Å². The second-order valence-corrected chi connectivity index (χ2v) is 5.71. The lowest BCUT2D eigenvalue weighted by molar-refractivity contribution is 0.197. The van der Waals surface area contributed by atoms with Crippen LogP contribution in [0.4, 0.5) is 5.95 Å². The number of aromatic nitrogens is 2. The van der Waals surface area contributed by atoms with E-state index in [0.717, 1.165) is 31.2 Å². The highest BCUT2D eigenvalue weighted by Crippen LogP contribution is 2.52. The zero-order valence-electron chi connectivity index (χ0n) is 12.7. The van der Waals surface area contributed by atoms with Crippen molar-refractivity contribution in [3.63, 3.8) is 0 Å². The molecule has 112 valence electrons. The lowest BCUT2D eigenvalue weighted by Crippen LogP contribution is -2.10. The van der Waals surface area contributed by atoms with E-state index < -0.39 is 0 Å². The number of hydrogen-bond acceptors (Lipinski definition) is 3. The number of nitrogens with zero attached hydrogens (tertiary/aromatic N) is 2. The number of imidazole rings is 1. The molecule has 1 aliphatic carbocycles. The van der Waals surface area contributed by atoms with Gasteiger partial charge in [0.1, 0.15) is 0 Å². The van der Waals surface area contributed by atoms with E-state index in [-0.39, 0.29) is 0 Å². The van der Waals surface area contributed by atoms with Crippen LogP contribution in [-0.4, -0.2) is 29.8 Å². The summed E-state index contributed by atoms with van der Waals surface area (Å²) < 4.78 is 7.39. The molecule has 2 unspecified atom stereocenters. The maximum Gasteiger partial charge on any atom is 0.203 e. The Morgan fingerprint density at radius 3 is 2.90 bits per heavy atom. The normalized spacial score (nSPS) is 20.5. The van der Waals surface area contributed by atoms with E-state index in [1.165, 1.54) is 12.0 Å². The standard InChI is InChI=1S/C17H23N3O/c1-13-12-20(17(19-13)18-9-6-10-21-2)16-11-15(16)14-7-4-3-5-8-14/h3-5,7-8,12,15-16H,6,9-11H2,1-2H3,(H,18,19). The first-order valence-electron chi connectivity index (χ1n) is 7.63. The summed E-state index contributed by atoms with van der Waals surface area (Å²) >= 11 is 0.